The number of nitrogens with two attached hydrogens (primary N) is 1. The highest BCUT2D eigenvalue weighted by atomic mass is 32.2. The van der Waals surface area contributed by atoms with Gasteiger partial charge in [-0.25, -0.2) is 4.79 Å². The number of likely N-dealkylation sites (tertiary alicyclic amines) is 2. The van der Waals surface area contributed by atoms with Gasteiger partial charge in [-0.15, -0.1) is 11.8 Å². The van der Waals surface area contributed by atoms with E-state index in [4.69, 9.17) is 4.74 Å². The van der Waals surface area contributed by atoms with E-state index < -0.39 is 18.2 Å². The Bertz CT molecular complexity index is 594. The third-order valence-electron chi connectivity index (χ3n) is 5.00. The molecular formula is C20H37F3N4O2S. The molecule has 0 aromatic rings. The van der Waals surface area contributed by atoms with Crippen LogP contribution in [-0.2, 0) is 4.74 Å². The van der Waals surface area contributed by atoms with Crippen molar-refractivity contribution >= 4 is 17.9 Å². The molecule has 0 aliphatic carbocycles. The molecule has 2 saturated heterocycles. The van der Waals surface area contributed by atoms with Gasteiger partial charge in [-0.05, 0) is 39.8 Å². The van der Waals surface area contributed by atoms with Gasteiger partial charge in [-0.3, -0.25) is 4.90 Å². The van der Waals surface area contributed by atoms with Crippen LogP contribution in [0.3, 0.4) is 0 Å². The van der Waals surface area contributed by atoms with Crippen molar-refractivity contribution in [3.63, 3.8) is 0 Å². The van der Waals surface area contributed by atoms with E-state index in [1.54, 1.807) is 11.9 Å². The quantitative estimate of drug-likeness (QED) is 0.612. The van der Waals surface area contributed by atoms with E-state index in [2.05, 4.69) is 16.0 Å². The van der Waals surface area contributed by atoms with Crippen molar-refractivity contribution in [3.8, 4) is 0 Å². The van der Waals surface area contributed by atoms with E-state index in [0.717, 1.165) is 30.1 Å². The standard InChI is InChI=1S/C19H32F3N3O2S.CH5N/c1-6-13(16(23-5)28-8-7-19(20,21)22)9-24-10-14-11-25(12-15(14)24)17(26)27-18(2,3)4;1-2/h14-15,23H,6-12H2,1-5H3;2H2,1H3/b16-13+;. The summed E-state index contributed by atoms with van der Waals surface area (Å²) in [5, 5.41) is 3.90. The Kier molecular flexibility index (Phi) is 10.3. The largest absolute Gasteiger partial charge is 0.444 e. The smallest absolute Gasteiger partial charge is 0.410 e. The van der Waals surface area contributed by atoms with Gasteiger partial charge in [0.1, 0.15) is 5.60 Å². The van der Waals surface area contributed by atoms with Crippen molar-refractivity contribution in [1.82, 2.24) is 15.1 Å². The molecule has 1 amide bonds. The number of nitrogens with one attached hydrogen (secondary N) is 1. The van der Waals surface area contributed by atoms with Crippen molar-refractivity contribution in [2.75, 3.05) is 46.0 Å². The number of amides is 1. The molecule has 2 rings (SSSR count). The van der Waals surface area contributed by atoms with Gasteiger partial charge in [-0.1, -0.05) is 6.92 Å². The highest BCUT2D eigenvalue weighted by Gasteiger charge is 2.47. The minimum Gasteiger partial charge on any atom is -0.444 e. The molecule has 2 aliphatic rings. The summed E-state index contributed by atoms with van der Waals surface area (Å²) in [5.74, 6) is 0.461. The van der Waals surface area contributed by atoms with Gasteiger partial charge in [0, 0.05) is 50.9 Å². The molecule has 10 heteroatoms. The van der Waals surface area contributed by atoms with E-state index in [0.29, 0.717) is 25.0 Å². The van der Waals surface area contributed by atoms with Gasteiger partial charge in [0.2, 0.25) is 0 Å². The van der Waals surface area contributed by atoms with E-state index in [1.165, 1.54) is 18.8 Å². The Balaban J connectivity index is 0.00000218. The van der Waals surface area contributed by atoms with E-state index in [1.807, 2.05) is 27.7 Å². The summed E-state index contributed by atoms with van der Waals surface area (Å²) in [6.07, 6.45) is -4.41. The van der Waals surface area contributed by atoms with Crippen LogP contribution in [0.2, 0.25) is 0 Å². The number of rotatable bonds is 7. The molecular weight excluding hydrogens is 417 g/mol. The van der Waals surface area contributed by atoms with Crippen LogP contribution in [0.4, 0.5) is 18.0 Å². The fourth-order valence-corrected chi connectivity index (χ4v) is 4.71. The summed E-state index contributed by atoms with van der Waals surface area (Å²) in [6.45, 7) is 10.6. The number of alkyl halides is 3. The van der Waals surface area contributed by atoms with Crippen molar-refractivity contribution in [1.29, 1.82) is 0 Å². The predicted molar refractivity (Wildman–Crippen MR) is 116 cm³/mol. The number of halogens is 3. The van der Waals surface area contributed by atoms with Gasteiger partial charge >= 0.3 is 12.3 Å². The average molecular weight is 455 g/mol. The first-order valence-corrected chi connectivity index (χ1v) is 11.3. The molecule has 2 atom stereocenters. The van der Waals surface area contributed by atoms with Crippen LogP contribution in [0.15, 0.2) is 10.6 Å². The molecule has 2 fully saturated rings. The van der Waals surface area contributed by atoms with Crippen LogP contribution in [0, 0.1) is 5.92 Å². The lowest BCUT2D eigenvalue weighted by Crippen LogP contribution is -2.56. The zero-order valence-electron chi connectivity index (χ0n) is 18.9. The normalized spacial score (nSPS) is 22.4. The first kappa shape index (κ1) is 26.9. The fraction of sp³-hybridized carbons (Fsp3) is 0.850. The highest BCUT2D eigenvalue weighted by molar-refractivity contribution is 8.03. The monoisotopic (exact) mass is 454 g/mol. The van der Waals surface area contributed by atoms with E-state index >= 15 is 0 Å². The van der Waals surface area contributed by atoms with E-state index in [9.17, 15) is 18.0 Å². The maximum Gasteiger partial charge on any atom is 0.410 e. The number of hydrogen-bond donors (Lipinski definition) is 2. The van der Waals surface area contributed by atoms with Gasteiger partial charge in [0.25, 0.3) is 0 Å². The summed E-state index contributed by atoms with van der Waals surface area (Å²) in [5.41, 5.74) is 5.11. The SMILES string of the molecule is CC/C(CN1CC2CN(C(=O)OC(C)(C)C)CC21)=C(/NC)SCCC(F)(F)F.CN. The fourth-order valence-electron chi connectivity index (χ4n) is 3.61. The number of fused-ring (bicyclic) bond motifs is 1. The molecule has 2 unspecified atom stereocenters. The summed E-state index contributed by atoms with van der Waals surface area (Å²) in [6, 6.07) is 0.298. The summed E-state index contributed by atoms with van der Waals surface area (Å²) >= 11 is 1.23. The maximum absolute atomic E-state index is 12.4. The molecule has 0 bridgehead atoms. The van der Waals surface area contributed by atoms with Gasteiger partial charge in [0.05, 0.1) is 11.4 Å². The number of hydrogen-bond acceptors (Lipinski definition) is 6. The van der Waals surface area contributed by atoms with Crippen LogP contribution in [0.1, 0.15) is 40.5 Å². The van der Waals surface area contributed by atoms with Crippen molar-refractivity contribution in [3.05, 3.63) is 10.6 Å². The number of ether oxygens (including phenoxy) is 1. The van der Waals surface area contributed by atoms with E-state index in [-0.39, 0.29) is 11.8 Å². The third kappa shape index (κ3) is 8.19. The molecule has 6 nitrogen and oxygen atoms in total. The van der Waals surface area contributed by atoms with Gasteiger partial charge in [-0.2, -0.15) is 13.2 Å². The molecule has 0 saturated carbocycles. The lowest BCUT2D eigenvalue weighted by Gasteiger charge is -2.44. The second kappa shape index (κ2) is 11.5. The van der Waals surface area contributed by atoms with Crippen LogP contribution in [0.25, 0.3) is 0 Å². The second-order valence-electron chi connectivity index (χ2n) is 8.39. The second-order valence-corrected chi connectivity index (χ2v) is 9.50. The van der Waals surface area contributed by atoms with Crippen LogP contribution >= 0.6 is 11.8 Å². The summed E-state index contributed by atoms with van der Waals surface area (Å²) in [7, 11) is 3.25. The Morgan fingerprint density at radius 3 is 2.33 bits per heavy atom. The zero-order chi connectivity index (χ0) is 23.1. The average Bonchev–Trinajstić information content (AvgIpc) is 2.97. The van der Waals surface area contributed by atoms with Crippen LogP contribution in [0.5, 0.6) is 0 Å². The molecule has 0 aromatic carbocycles. The number of carbonyl (C=O) groups excluding carboxylic acids is 1. The number of nitrogens with zero attached hydrogens (tertiary/aromatic N) is 2. The molecule has 2 aliphatic heterocycles. The molecule has 0 radical (unpaired) electrons. The molecule has 0 spiro atoms. The molecule has 176 valence electrons. The Labute approximate surface area is 182 Å². The van der Waals surface area contributed by atoms with Crippen molar-refractivity contribution in [2.45, 2.75) is 58.4 Å². The van der Waals surface area contributed by atoms with Crippen LogP contribution < -0.4 is 11.1 Å². The third-order valence-corrected chi connectivity index (χ3v) is 6.19. The minimum absolute atomic E-state index is 0.0155. The maximum atomic E-state index is 12.4. The topological polar surface area (TPSA) is 70.8 Å². The zero-order valence-corrected chi connectivity index (χ0v) is 19.8. The first-order chi connectivity index (χ1) is 13.9. The lowest BCUT2D eigenvalue weighted by atomic mass is 9.91. The molecule has 2 heterocycles. The lowest BCUT2D eigenvalue weighted by molar-refractivity contribution is -0.129. The minimum atomic E-state index is -4.13. The Hall–Kier alpha value is -1.13. The number of carbonyl (C=O) groups is 1. The van der Waals surface area contributed by atoms with Crippen LogP contribution in [-0.4, -0.2) is 79.7 Å². The predicted octanol–water partition coefficient (Wildman–Crippen LogP) is 3.64. The summed E-state index contributed by atoms with van der Waals surface area (Å²) in [4.78, 5) is 16.4. The van der Waals surface area contributed by atoms with Crippen molar-refractivity contribution < 1.29 is 22.7 Å². The first-order valence-electron chi connectivity index (χ1n) is 10.3. The number of thioether (sulfide) groups is 1. The highest BCUT2D eigenvalue weighted by Crippen LogP contribution is 2.35. The molecule has 30 heavy (non-hydrogen) atoms. The molecule has 0 aromatic heterocycles. The summed E-state index contributed by atoms with van der Waals surface area (Å²) < 4.78 is 42.7. The van der Waals surface area contributed by atoms with Crippen molar-refractivity contribution in [2.24, 2.45) is 11.7 Å². The van der Waals surface area contributed by atoms with Gasteiger partial charge < -0.3 is 20.7 Å². The Morgan fingerprint density at radius 2 is 1.83 bits per heavy atom. The Morgan fingerprint density at radius 1 is 1.20 bits per heavy atom. The molecule has 3 N–H and O–H groups in total. The van der Waals surface area contributed by atoms with Gasteiger partial charge in [0.15, 0.2) is 0 Å².